The summed E-state index contributed by atoms with van der Waals surface area (Å²) in [5.41, 5.74) is 0.982. The predicted octanol–water partition coefficient (Wildman–Crippen LogP) is 0.780. The zero-order chi connectivity index (χ0) is 15.0. The van der Waals surface area contributed by atoms with E-state index in [1.165, 1.54) is 10.4 Å². The van der Waals surface area contributed by atoms with Gasteiger partial charge >= 0.3 is 0 Å². The molecule has 1 aromatic carbocycles. The summed E-state index contributed by atoms with van der Waals surface area (Å²) in [7, 11) is -3.61. The summed E-state index contributed by atoms with van der Waals surface area (Å²) in [5, 5.41) is 17.7. The van der Waals surface area contributed by atoms with Crippen molar-refractivity contribution in [1.82, 2.24) is 4.31 Å². The Morgan fingerprint density at radius 3 is 2.30 bits per heavy atom. The van der Waals surface area contributed by atoms with Crippen LogP contribution in [0, 0.1) is 0 Å². The minimum Gasteiger partial charge on any atom is -0.396 e. The van der Waals surface area contributed by atoms with E-state index in [1.807, 2.05) is 0 Å². The van der Waals surface area contributed by atoms with E-state index in [2.05, 4.69) is 6.58 Å². The maximum Gasteiger partial charge on any atom is 0.243 e. The molecule has 2 N–H and O–H groups in total. The summed E-state index contributed by atoms with van der Waals surface area (Å²) in [6.45, 7) is 3.61. The maximum absolute atomic E-state index is 12.4. The number of nitrogens with zero attached hydrogens (tertiary/aromatic N) is 1. The number of benzene rings is 1. The smallest absolute Gasteiger partial charge is 0.243 e. The van der Waals surface area contributed by atoms with Crippen LogP contribution in [0.1, 0.15) is 12.0 Å². The molecule has 0 fully saturated rings. The van der Waals surface area contributed by atoms with Crippen LogP contribution in [-0.2, 0) is 16.4 Å². The first kappa shape index (κ1) is 16.8. The Hall–Kier alpha value is -1.21. The molecule has 20 heavy (non-hydrogen) atoms. The molecule has 0 unspecified atom stereocenters. The zero-order valence-corrected chi connectivity index (χ0v) is 12.2. The largest absolute Gasteiger partial charge is 0.396 e. The Morgan fingerprint density at radius 1 is 1.15 bits per heavy atom. The van der Waals surface area contributed by atoms with Crippen LogP contribution in [0.2, 0.25) is 0 Å². The standard InChI is InChI=1S/C14H21NO4S/c1-2-9-15(10-12-17)20(18,19)14-7-5-13(6-8-14)4-3-11-16/h2,5-8,16-17H,1,3-4,9-12H2. The Bertz CT molecular complexity index is 510. The highest BCUT2D eigenvalue weighted by molar-refractivity contribution is 7.89. The highest BCUT2D eigenvalue weighted by atomic mass is 32.2. The van der Waals surface area contributed by atoms with Gasteiger partial charge in [0, 0.05) is 19.7 Å². The van der Waals surface area contributed by atoms with Gasteiger partial charge in [0.25, 0.3) is 0 Å². The van der Waals surface area contributed by atoms with Gasteiger partial charge in [0.2, 0.25) is 10.0 Å². The summed E-state index contributed by atoms with van der Waals surface area (Å²) in [6, 6.07) is 6.59. The first-order valence-corrected chi connectivity index (χ1v) is 7.92. The van der Waals surface area contributed by atoms with Crippen LogP contribution in [0.25, 0.3) is 0 Å². The van der Waals surface area contributed by atoms with E-state index < -0.39 is 10.0 Å². The molecule has 0 aliphatic rings. The minimum absolute atomic E-state index is 0.0423. The summed E-state index contributed by atoms with van der Waals surface area (Å²) in [6.07, 6.45) is 2.85. The highest BCUT2D eigenvalue weighted by Crippen LogP contribution is 2.17. The normalized spacial score (nSPS) is 11.8. The van der Waals surface area contributed by atoms with Crippen molar-refractivity contribution < 1.29 is 18.6 Å². The first-order chi connectivity index (χ1) is 9.56. The molecular formula is C14H21NO4S. The average Bonchev–Trinajstić information content (AvgIpc) is 2.45. The summed E-state index contributed by atoms with van der Waals surface area (Å²) >= 11 is 0. The molecule has 0 saturated carbocycles. The van der Waals surface area contributed by atoms with Gasteiger partial charge in [0.05, 0.1) is 11.5 Å². The molecule has 0 spiro atoms. The molecule has 0 aliphatic heterocycles. The number of hydrogen-bond acceptors (Lipinski definition) is 4. The fraction of sp³-hybridized carbons (Fsp3) is 0.429. The van der Waals surface area contributed by atoms with E-state index in [0.717, 1.165) is 5.56 Å². The molecule has 0 saturated heterocycles. The molecule has 1 rings (SSSR count). The van der Waals surface area contributed by atoms with Gasteiger partial charge in [-0.1, -0.05) is 18.2 Å². The fourth-order valence-corrected chi connectivity index (χ4v) is 3.23. The first-order valence-electron chi connectivity index (χ1n) is 6.48. The van der Waals surface area contributed by atoms with Crippen LogP contribution in [0.4, 0.5) is 0 Å². The van der Waals surface area contributed by atoms with Gasteiger partial charge in [-0.3, -0.25) is 0 Å². The number of aliphatic hydroxyl groups excluding tert-OH is 2. The van der Waals surface area contributed by atoms with E-state index in [4.69, 9.17) is 10.2 Å². The molecular weight excluding hydrogens is 278 g/mol. The van der Waals surface area contributed by atoms with Crippen LogP contribution < -0.4 is 0 Å². The van der Waals surface area contributed by atoms with Crippen molar-refractivity contribution >= 4 is 10.0 Å². The topological polar surface area (TPSA) is 77.8 Å². The van der Waals surface area contributed by atoms with Crippen LogP contribution in [0.5, 0.6) is 0 Å². The number of aliphatic hydroxyl groups is 2. The van der Waals surface area contributed by atoms with Gasteiger partial charge in [-0.25, -0.2) is 8.42 Å². The second-order valence-electron chi connectivity index (χ2n) is 4.35. The molecule has 0 radical (unpaired) electrons. The van der Waals surface area contributed by atoms with E-state index in [-0.39, 0.29) is 31.2 Å². The average molecular weight is 299 g/mol. The van der Waals surface area contributed by atoms with Crippen LogP contribution in [-0.4, -0.2) is 49.2 Å². The molecule has 112 valence electrons. The fourth-order valence-electron chi connectivity index (χ4n) is 1.83. The summed E-state index contributed by atoms with van der Waals surface area (Å²) in [5.74, 6) is 0. The number of aryl methyl sites for hydroxylation is 1. The lowest BCUT2D eigenvalue weighted by atomic mass is 10.1. The predicted molar refractivity (Wildman–Crippen MR) is 77.9 cm³/mol. The molecule has 0 amide bonds. The van der Waals surface area contributed by atoms with Crippen LogP contribution in [0.3, 0.4) is 0 Å². The van der Waals surface area contributed by atoms with Gasteiger partial charge in [-0.2, -0.15) is 4.31 Å². The van der Waals surface area contributed by atoms with E-state index in [1.54, 1.807) is 24.3 Å². The van der Waals surface area contributed by atoms with Gasteiger partial charge in [0.15, 0.2) is 0 Å². The second-order valence-corrected chi connectivity index (χ2v) is 6.28. The molecule has 1 aromatic rings. The van der Waals surface area contributed by atoms with Crippen molar-refractivity contribution in [1.29, 1.82) is 0 Å². The monoisotopic (exact) mass is 299 g/mol. The third-order valence-corrected chi connectivity index (χ3v) is 4.75. The third-order valence-electron chi connectivity index (χ3n) is 2.87. The van der Waals surface area contributed by atoms with E-state index in [0.29, 0.717) is 12.8 Å². The molecule has 5 nitrogen and oxygen atoms in total. The van der Waals surface area contributed by atoms with Crippen molar-refractivity contribution in [3.8, 4) is 0 Å². The van der Waals surface area contributed by atoms with Crippen molar-refractivity contribution in [2.24, 2.45) is 0 Å². The second kappa shape index (κ2) is 8.16. The molecule has 0 aromatic heterocycles. The van der Waals surface area contributed by atoms with Crippen molar-refractivity contribution in [2.45, 2.75) is 17.7 Å². The molecule has 6 heteroatoms. The van der Waals surface area contributed by atoms with Gasteiger partial charge in [0.1, 0.15) is 0 Å². The quantitative estimate of drug-likeness (QED) is 0.661. The molecule has 0 heterocycles. The lowest BCUT2D eigenvalue weighted by Crippen LogP contribution is -2.33. The van der Waals surface area contributed by atoms with Gasteiger partial charge in [-0.15, -0.1) is 6.58 Å². The Morgan fingerprint density at radius 2 is 1.80 bits per heavy atom. The van der Waals surface area contributed by atoms with E-state index in [9.17, 15) is 8.42 Å². The lowest BCUT2D eigenvalue weighted by molar-refractivity contribution is 0.260. The number of hydrogen-bond donors (Lipinski definition) is 2. The zero-order valence-electron chi connectivity index (χ0n) is 11.4. The maximum atomic E-state index is 12.4. The van der Waals surface area contributed by atoms with Crippen LogP contribution >= 0.6 is 0 Å². The Labute approximate surface area is 120 Å². The number of rotatable bonds is 9. The molecule has 0 bridgehead atoms. The Kier molecular flexibility index (Phi) is 6.87. The van der Waals surface area contributed by atoms with E-state index >= 15 is 0 Å². The van der Waals surface area contributed by atoms with Crippen LogP contribution in [0.15, 0.2) is 41.8 Å². The van der Waals surface area contributed by atoms with Crippen molar-refractivity contribution in [2.75, 3.05) is 26.3 Å². The SMILES string of the molecule is C=CCN(CCO)S(=O)(=O)c1ccc(CCCO)cc1. The molecule has 0 aliphatic carbocycles. The number of sulfonamides is 1. The van der Waals surface area contributed by atoms with Gasteiger partial charge in [-0.05, 0) is 30.5 Å². The van der Waals surface area contributed by atoms with Crippen molar-refractivity contribution in [3.05, 3.63) is 42.5 Å². The molecule has 0 atom stereocenters. The van der Waals surface area contributed by atoms with Crippen molar-refractivity contribution in [3.63, 3.8) is 0 Å². The summed E-state index contributed by atoms with van der Waals surface area (Å²) in [4.78, 5) is 0.195. The summed E-state index contributed by atoms with van der Waals surface area (Å²) < 4.78 is 25.9. The minimum atomic E-state index is -3.61. The van der Waals surface area contributed by atoms with Gasteiger partial charge < -0.3 is 10.2 Å². The Balaban J connectivity index is 2.93. The third kappa shape index (κ3) is 4.42. The lowest BCUT2D eigenvalue weighted by Gasteiger charge is -2.19. The highest BCUT2D eigenvalue weighted by Gasteiger charge is 2.22.